The van der Waals surface area contributed by atoms with Crippen molar-refractivity contribution in [3.63, 3.8) is 0 Å². The highest BCUT2D eigenvalue weighted by Gasteiger charge is 2.41. The van der Waals surface area contributed by atoms with Gasteiger partial charge in [0.2, 0.25) is 0 Å². The SMILES string of the molecule is CCCCc1cn(C2=C(C)C3CC3C=C2C)c(=O)[nH]1. The van der Waals surface area contributed by atoms with Crippen molar-refractivity contribution >= 4 is 5.70 Å². The molecule has 0 aliphatic heterocycles. The molecular weight excluding hydrogens is 236 g/mol. The van der Waals surface area contributed by atoms with Gasteiger partial charge in [0.05, 0.1) is 5.70 Å². The molecule has 1 heterocycles. The van der Waals surface area contributed by atoms with E-state index in [4.69, 9.17) is 0 Å². The lowest BCUT2D eigenvalue weighted by Gasteiger charge is -2.17. The van der Waals surface area contributed by atoms with Crippen molar-refractivity contribution in [2.75, 3.05) is 0 Å². The van der Waals surface area contributed by atoms with Crippen LogP contribution in [0.5, 0.6) is 0 Å². The minimum absolute atomic E-state index is 0.00676. The van der Waals surface area contributed by atoms with Crippen LogP contribution in [0.1, 0.15) is 45.7 Å². The summed E-state index contributed by atoms with van der Waals surface area (Å²) in [6.07, 6.45) is 8.82. The van der Waals surface area contributed by atoms with Gasteiger partial charge in [0.15, 0.2) is 0 Å². The smallest absolute Gasteiger partial charge is 0.310 e. The Morgan fingerprint density at radius 3 is 2.95 bits per heavy atom. The molecule has 0 bridgehead atoms. The van der Waals surface area contributed by atoms with Crippen LogP contribution in [-0.2, 0) is 6.42 Å². The van der Waals surface area contributed by atoms with Crippen LogP contribution in [0.15, 0.2) is 28.2 Å². The highest BCUT2D eigenvalue weighted by atomic mass is 16.1. The first-order valence-corrected chi connectivity index (χ1v) is 7.32. The first kappa shape index (κ1) is 12.5. The van der Waals surface area contributed by atoms with Crippen molar-refractivity contribution in [2.45, 2.75) is 46.5 Å². The maximum absolute atomic E-state index is 12.2. The van der Waals surface area contributed by atoms with Gasteiger partial charge in [-0.15, -0.1) is 0 Å². The molecule has 1 aromatic heterocycles. The van der Waals surface area contributed by atoms with Gasteiger partial charge in [-0.2, -0.15) is 0 Å². The van der Waals surface area contributed by atoms with Crippen LogP contribution < -0.4 is 5.69 Å². The summed E-state index contributed by atoms with van der Waals surface area (Å²) < 4.78 is 1.82. The van der Waals surface area contributed by atoms with Crippen molar-refractivity contribution in [1.82, 2.24) is 9.55 Å². The number of imidazole rings is 1. The monoisotopic (exact) mass is 258 g/mol. The Labute approximate surface area is 114 Å². The second-order valence-electron chi connectivity index (χ2n) is 5.95. The molecule has 0 aromatic carbocycles. The predicted molar refractivity (Wildman–Crippen MR) is 77.9 cm³/mol. The molecule has 1 aromatic rings. The minimum Gasteiger partial charge on any atom is -0.310 e. The van der Waals surface area contributed by atoms with Crippen LogP contribution in [0.4, 0.5) is 0 Å². The Morgan fingerprint density at radius 1 is 1.42 bits per heavy atom. The average Bonchev–Trinajstić information content (AvgIpc) is 3.05. The van der Waals surface area contributed by atoms with Crippen molar-refractivity contribution in [3.05, 3.63) is 39.6 Å². The van der Waals surface area contributed by atoms with Gasteiger partial charge in [-0.3, -0.25) is 4.57 Å². The largest absolute Gasteiger partial charge is 0.330 e. The number of unbranched alkanes of at least 4 members (excludes halogenated alkanes) is 1. The number of nitrogens with one attached hydrogen (secondary N) is 1. The van der Waals surface area contributed by atoms with E-state index < -0.39 is 0 Å². The number of aromatic nitrogens is 2. The highest BCUT2D eigenvalue weighted by molar-refractivity contribution is 5.70. The Bertz CT molecular complexity index is 615. The summed E-state index contributed by atoms with van der Waals surface area (Å²) in [4.78, 5) is 15.2. The molecular formula is C16H22N2O. The van der Waals surface area contributed by atoms with Crippen LogP contribution in [0.3, 0.4) is 0 Å². The molecule has 0 saturated heterocycles. The van der Waals surface area contributed by atoms with Crippen molar-refractivity contribution in [1.29, 1.82) is 0 Å². The van der Waals surface area contributed by atoms with Gasteiger partial charge in [0, 0.05) is 11.9 Å². The van der Waals surface area contributed by atoms with Gasteiger partial charge in [0.25, 0.3) is 0 Å². The highest BCUT2D eigenvalue weighted by Crippen LogP contribution is 2.51. The van der Waals surface area contributed by atoms with Crippen molar-refractivity contribution in [3.8, 4) is 0 Å². The maximum Gasteiger partial charge on any atom is 0.330 e. The van der Waals surface area contributed by atoms with E-state index in [-0.39, 0.29) is 5.69 Å². The summed E-state index contributed by atoms with van der Waals surface area (Å²) in [6.45, 7) is 6.48. The molecule has 2 aliphatic rings. The van der Waals surface area contributed by atoms with Gasteiger partial charge in [-0.1, -0.05) is 19.4 Å². The first-order chi connectivity index (χ1) is 9.11. The Balaban J connectivity index is 1.98. The molecule has 19 heavy (non-hydrogen) atoms. The number of aromatic amines is 1. The maximum atomic E-state index is 12.2. The Kier molecular flexibility index (Phi) is 3.00. The number of aryl methyl sites for hydroxylation is 1. The summed E-state index contributed by atoms with van der Waals surface area (Å²) in [5.74, 6) is 1.41. The number of allylic oxidation sites excluding steroid dienone is 4. The number of hydrogen-bond acceptors (Lipinski definition) is 1. The number of nitrogens with zero attached hydrogens (tertiary/aromatic N) is 1. The molecule has 1 fully saturated rings. The molecule has 102 valence electrons. The molecule has 2 unspecified atom stereocenters. The van der Waals surface area contributed by atoms with E-state index in [1.165, 1.54) is 17.6 Å². The zero-order chi connectivity index (χ0) is 13.6. The fourth-order valence-corrected chi connectivity index (χ4v) is 3.27. The molecule has 3 heteroatoms. The summed E-state index contributed by atoms with van der Waals surface area (Å²) >= 11 is 0. The third-order valence-corrected chi connectivity index (χ3v) is 4.42. The molecule has 0 spiro atoms. The third-order valence-electron chi connectivity index (χ3n) is 4.42. The first-order valence-electron chi connectivity index (χ1n) is 7.32. The third kappa shape index (κ3) is 2.11. The van der Waals surface area contributed by atoms with E-state index in [9.17, 15) is 4.79 Å². The van der Waals surface area contributed by atoms with Gasteiger partial charge in [-0.05, 0) is 56.1 Å². The standard InChI is InChI=1S/C16H22N2O/c1-4-5-6-13-9-18(16(19)17-13)15-10(2)7-12-8-14(12)11(15)3/h7,9,12,14H,4-6,8H2,1-3H3,(H,17,19). The van der Waals surface area contributed by atoms with E-state index in [2.05, 4.69) is 31.8 Å². The summed E-state index contributed by atoms with van der Waals surface area (Å²) in [5, 5.41) is 0. The number of hydrogen-bond donors (Lipinski definition) is 1. The normalized spacial score (nSPS) is 25.3. The molecule has 3 nitrogen and oxygen atoms in total. The van der Waals surface area contributed by atoms with Crippen molar-refractivity contribution < 1.29 is 0 Å². The summed E-state index contributed by atoms with van der Waals surface area (Å²) in [7, 11) is 0. The summed E-state index contributed by atoms with van der Waals surface area (Å²) in [5.41, 5.74) is 4.82. The lowest BCUT2D eigenvalue weighted by atomic mass is 9.97. The molecule has 3 rings (SSSR count). The molecule has 2 aliphatic carbocycles. The quantitative estimate of drug-likeness (QED) is 0.883. The average molecular weight is 258 g/mol. The van der Waals surface area contributed by atoms with Gasteiger partial charge >= 0.3 is 5.69 Å². The van der Waals surface area contributed by atoms with Crippen molar-refractivity contribution in [2.24, 2.45) is 11.8 Å². The predicted octanol–water partition coefficient (Wildman–Crippen LogP) is 3.35. The van der Waals surface area contributed by atoms with E-state index in [1.807, 2.05) is 10.8 Å². The number of fused-ring (bicyclic) bond motifs is 1. The molecule has 1 N–H and O–H groups in total. The molecule has 0 amide bonds. The molecule has 0 radical (unpaired) electrons. The van der Waals surface area contributed by atoms with Crippen LogP contribution in [0.2, 0.25) is 0 Å². The number of rotatable bonds is 4. The van der Waals surface area contributed by atoms with Crippen LogP contribution >= 0.6 is 0 Å². The van der Waals surface area contributed by atoms with Gasteiger partial charge in [-0.25, -0.2) is 4.79 Å². The van der Waals surface area contributed by atoms with Gasteiger partial charge in [0.1, 0.15) is 0 Å². The minimum atomic E-state index is 0.00676. The fraction of sp³-hybridized carbons (Fsp3) is 0.562. The Hall–Kier alpha value is -1.51. The van der Waals surface area contributed by atoms with Crippen LogP contribution in [0, 0.1) is 11.8 Å². The topological polar surface area (TPSA) is 37.8 Å². The Morgan fingerprint density at radius 2 is 2.21 bits per heavy atom. The van der Waals surface area contributed by atoms with E-state index in [0.717, 1.165) is 36.6 Å². The van der Waals surface area contributed by atoms with E-state index in [0.29, 0.717) is 5.92 Å². The molecule has 2 atom stereocenters. The lowest BCUT2D eigenvalue weighted by molar-refractivity contribution is 0.779. The van der Waals surface area contributed by atoms with Crippen LogP contribution in [-0.4, -0.2) is 9.55 Å². The van der Waals surface area contributed by atoms with E-state index in [1.54, 1.807) is 0 Å². The van der Waals surface area contributed by atoms with E-state index >= 15 is 0 Å². The van der Waals surface area contributed by atoms with Crippen LogP contribution in [0.25, 0.3) is 5.70 Å². The zero-order valence-electron chi connectivity index (χ0n) is 12.0. The second-order valence-corrected chi connectivity index (χ2v) is 5.95. The fourth-order valence-electron chi connectivity index (χ4n) is 3.27. The lowest BCUT2D eigenvalue weighted by Crippen LogP contribution is -2.18. The van der Waals surface area contributed by atoms with Gasteiger partial charge < -0.3 is 4.98 Å². The zero-order valence-corrected chi connectivity index (χ0v) is 12.0. The summed E-state index contributed by atoms with van der Waals surface area (Å²) in [6, 6.07) is 0. The number of H-pyrrole nitrogens is 1. The molecule has 1 saturated carbocycles. The second kappa shape index (κ2) is 4.55.